The molecular weight excluding hydrogens is 306 g/mol. The molecule has 0 aliphatic heterocycles. The van der Waals surface area contributed by atoms with Crippen LogP contribution in [0.1, 0.15) is 5.56 Å². The van der Waals surface area contributed by atoms with Gasteiger partial charge in [0.25, 0.3) is 5.69 Å². The Labute approximate surface area is 112 Å². The van der Waals surface area contributed by atoms with E-state index in [1.165, 1.54) is 6.07 Å². The third kappa shape index (κ3) is 4.68. The number of rotatable bonds is 6. The summed E-state index contributed by atoms with van der Waals surface area (Å²) in [5, 5.41) is 13.7. The number of primary amides is 1. The highest BCUT2D eigenvalue weighted by molar-refractivity contribution is 9.10. The van der Waals surface area contributed by atoms with Gasteiger partial charge in [-0.25, -0.2) is 4.79 Å². The number of carbonyl (C=O) groups excluding carboxylic acids is 1. The molecule has 18 heavy (non-hydrogen) atoms. The molecule has 0 aliphatic rings. The fourth-order valence-electron chi connectivity index (χ4n) is 1.26. The highest BCUT2D eigenvalue weighted by Gasteiger charge is 2.11. The van der Waals surface area contributed by atoms with Crippen LogP contribution >= 0.6 is 15.9 Å². The van der Waals surface area contributed by atoms with E-state index in [0.29, 0.717) is 17.6 Å². The van der Waals surface area contributed by atoms with Gasteiger partial charge in [0.1, 0.15) is 6.61 Å². The van der Waals surface area contributed by atoms with E-state index in [0.717, 1.165) is 5.56 Å². The van der Waals surface area contributed by atoms with Gasteiger partial charge in [-0.2, -0.15) is 0 Å². The number of nitro benzene ring substituents is 1. The summed E-state index contributed by atoms with van der Waals surface area (Å²) in [4.78, 5) is 20.5. The fourth-order valence-corrected chi connectivity index (χ4v) is 1.66. The monoisotopic (exact) mass is 317 g/mol. The summed E-state index contributed by atoms with van der Waals surface area (Å²) in [6, 6.07) is 4.86. The summed E-state index contributed by atoms with van der Waals surface area (Å²) in [5.74, 6) is 0. The first-order chi connectivity index (χ1) is 8.50. The Kier molecular flexibility index (Phi) is 5.53. The topological polar surface area (TPSA) is 107 Å². The largest absolute Gasteiger partial charge is 0.448 e. The average Bonchev–Trinajstić information content (AvgIpc) is 2.30. The summed E-state index contributed by atoms with van der Waals surface area (Å²) in [6.07, 6.45) is -0.823. The van der Waals surface area contributed by atoms with Crippen molar-refractivity contribution in [2.75, 3.05) is 13.2 Å². The maximum atomic E-state index is 10.7. The number of nitrogens with two attached hydrogens (primary N) is 1. The Hall–Kier alpha value is -1.67. The Balaban J connectivity index is 2.45. The number of hydrogen-bond acceptors (Lipinski definition) is 5. The molecule has 0 aliphatic carbocycles. The van der Waals surface area contributed by atoms with Crippen LogP contribution in [0.5, 0.6) is 0 Å². The molecule has 0 saturated carbocycles. The quantitative estimate of drug-likeness (QED) is 0.470. The number of hydrogen-bond donors (Lipinski definition) is 2. The molecule has 0 radical (unpaired) electrons. The number of ether oxygens (including phenoxy) is 1. The smallest absolute Gasteiger partial charge is 0.404 e. The van der Waals surface area contributed by atoms with Crippen molar-refractivity contribution in [3.8, 4) is 0 Å². The SMILES string of the molecule is NC(=O)OCCNCc1ccc(Br)c([N+](=O)[O-])c1. The zero-order valence-electron chi connectivity index (χ0n) is 9.39. The van der Waals surface area contributed by atoms with Crippen LogP contribution in [0.25, 0.3) is 0 Å². The first kappa shape index (κ1) is 14.4. The van der Waals surface area contributed by atoms with Gasteiger partial charge >= 0.3 is 6.09 Å². The van der Waals surface area contributed by atoms with Crippen molar-refractivity contribution in [2.45, 2.75) is 6.54 Å². The molecule has 0 atom stereocenters. The maximum Gasteiger partial charge on any atom is 0.404 e. The predicted molar refractivity (Wildman–Crippen MR) is 68.0 cm³/mol. The maximum absolute atomic E-state index is 10.7. The molecule has 1 rings (SSSR count). The van der Waals surface area contributed by atoms with E-state index >= 15 is 0 Å². The molecule has 0 aromatic heterocycles. The van der Waals surface area contributed by atoms with Crippen molar-refractivity contribution >= 4 is 27.7 Å². The molecule has 7 nitrogen and oxygen atoms in total. The zero-order chi connectivity index (χ0) is 13.5. The molecule has 1 aromatic rings. The zero-order valence-corrected chi connectivity index (χ0v) is 11.0. The molecular formula is C10H12BrN3O4. The van der Waals surface area contributed by atoms with E-state index in [-0.39, 0.29) is 12.3 Å². The van der Waals surface area contributed by atoms with E-state index in [1.54, 1.807) is 12.1 Å². The number of nitro groups is 1. The number of carbonyl (C=O) groups is 1. The van der Waals surface area contributed by atoms with Crippen LogP contribution in [0.3, 0.4) is 0 Å². The van der Waals surface area contributed by atoms with Crippen molar-refractivity contribution in [2.24, 2.45) is 5.73 Å². The molecule has 0 spiro atoms. The normalized spacial score (nSPS) is 10.1. The molecule has 0 unspecified atom stereocenters. The lowest BCUT2D eigenvalue weighted by Gasteiger charge is -2.05. The molecule has 1 aromatic carbocycles. The average molecular weight is 318 g/mol. The molecule has 0 bridgehead atoms. The first-order valence-electron chi connectivity index (χ1n) is 5.06. The van der Waals surface area contributed by atoms with Gasteiger partial charge in [0.15, 0.2) is 0 Å². The minimum Gasteiger partial charge on any atom is -0.448 e. The van der Waals surface area contributed by atoms with Crippen molar-refractivity contribution in [1.29, 1.82) is 0 Å². The van der Waals surface area contributed by atoms with Gasteiger partial charge in [-0.05, 0) is 27.6 Å². The second kappa shape index (κ2) is 6.92. The van der Waals surface area contributed by atoms with Gasteiger partial charge in [-0.3, -0.25) is 10.1 Å². The molecule has 1 amide bonds. The number of benzene rings is 1. The third-order valence-corrected chi connectivity index (χ3v) is 2.73. The van der Waals surface area contributed by atoms with E-state index in [9.17, 15) is 14.9 Å². The van der Waals surface area contributed by atoms with Crippen LogP contribution in [0.15, 0.2) is 22.7 Å². The van der Waals surface area contributed by atoms with Gasteiger partial charge < -0.3 is 15.8 Å². The highest BCUT2D eigenvalue weighted by Crippen LogP contribution is 2.25. The molecule has 3 N–H and O–H groups in total. The Bertz CT molecular complexity index is 453. The second-order valence-corrected chi connectivity index (χ2v) is 4.24. The van der Waals surface area contributed by atoms with Crippen LogP contribution in [0, 0.1) is 10.1 Å². The Morgan fingerprint density at radius 1 is 1.56 bits per heavy atom. The van der Waals surface area contributed by atoms with E-state index in [2.05, 4.69) is 26.0 Å². The number of nitrogens with zero attached hydrogens (tertiary/aromatic N) is 1. The minimum absolute atomic E-state index is 0.0164. The van der Waals surface area contributed by atoms with Crippen LogP contribution in [-0.4, -0.2) is 24.2 Å². The first-order valence-corrected chi connectivity index (χ1v) is 5.86. The van der Waals surface area contributed by atoms with Gasteiger partial charge in [0.2, 0.25) is 0 Å². The summed E-state index contributed by atoms with van der Waals surface area (Å²) in [6.45, 7) is 1.02. The van der Waals surface area contributed by atoms with E-state index < -0.39 is 11.0 Å². The van der Waals surface area contributed by atoms with Crippen LogP contribution in [0.4, 0.5) is 10.5 Å². The summed E-state index contributed by atoms with van der Waals surface area (Å²) < 4.78 is 4.96. The number of amides is 1. The van der Waals surface area contributed by atoms with Crippen molar-refractivity contribution in [3.05, 3.63) is 38.3 Å². The molecule has 0 fully saturated rings. The fraction of sp³-hybridized carbons (Fsp3) is 0.300. The molecule has 8 heteroatoms. The lowest BCUT2D eigenvalue weighted by Crippen LogP contribution is -2.23. The van der Waals surface area contributed by atoms with E-state index in [1.807, 2.05) is 0 Å². The van der Waals surface area contributed by atoms with Crippen molar-refractivity contribution in [3.63, 3.8) is 0 Å². The number of nitrogens with one attached hydrogen (secondary N) is 1. The van der Waals surface area contributed by atoms with Gasteiger partial charge in [0.05, 0.1) is 9.40 Å². The Morgan fingerprint density at radius 3 is 2.89 bits per heavy atom. The summed E-state index contributed by atoms with van der Waals surface area (Å²) in [5.41, 5.74) is 5.57. The number of halogens is 1. The highest BCUT2D eigenvalue weighted by atomic mass is 79.9. The van der Waals surface area contributed by atoms with Crippen molar-refractivity contribution in [1.82, 2.24) is 5.32 Å². The third-order valence-electron chi connectivity index (χ3n) is 2.06. The molecule has 0 heterocycles. The lowest BCUT2D eigenvalue weighted by molar-refractivity contribution is -0.385. The summed E-state index contributed by atoms with van der Waals surface area (Å²) in [7, 11) is 0. The van der Waals surface area contributed by atoms with Gasteiger partial charge in [-0.1, -0.05) is 6.07 Å². The van der Waals surface area contributed by atoms with Crippen LogP contribution in [-0.2, 0) is 11.3 Å². The van der Waals surface area contributed by atoms with E-state index in [4.69, 9.17) is 5.73 Å². The van der Waals surface area contributed by atoms with Crippen molar-refractivity contribution < 1.29 is 14.5 Å². The van der Waals surface area contributed by atoms with Crippen LogP contribution < -0.4 is 11.1 Å². The Morgan fingerprint density at radius 2 is 2.28 bits per heavy atom. The predicted octanol–water partition coefficient (Wildman–Crippen LogP) is 1.54. The second-order valence-electron chi connectivity index (χ2n) is 3.39. The summed E-state index contributed by atoms with van der Waals surface area (Å²) >= 11 is 3.11. The minimum atomic E-state index is -0.823. The van der Waals surface area contributed by atoms with Gasteiger partial charge in [0, 0.05) is 19.2 Å². The lowest BCUT2D eigenvalue weighted by atomic mass is 10.2. The van der Waals surface area contributed by atoms with Gasteiger partial charge in [-0.15, -0.1) is 0 Å². The molecule has 0 saturated heterocycles. The molecule has 98 valence electrons. The standard InChI is InChI=1S/C10H12BrN3O4/c11-8-2-1-7(5-9(8)14(16)17)6-13-3-4-18-10(12)15/h1-2,5,13H,3-4,6H2,(H2,12,15). The van der Waals surface area contributed by atoms with Crippen LogP contribution in [0.2, 0.25) is 0 Å².